The zero-order valence-corrected chi connectivity index (χ0v) is 14.1. The van der Waals surface area contributed by atoms with Crippen LogP contribution in [0.15, 0.2) is 29.4 Å². The van der Waals surface area contributed by atoms with Gasteiger partial charge in [-0.05, 0) is 18.6 Å². The van der Waals surface area contributed by atoms with Crippen LogP contribution in [-0.4, -0.2) is 45.4 Å². The van der Waals surface area contributed by atoms with Crippen LogP contribution in [0, 0.1) is 6.92 Å². The Morgan fingerprint density at radius 1 is 1.32 bits per heavy atom. The van der Waals surface area contributed by atoms with Gasteiger partial charge in [0.2, 0.25) is 5.91 Å². The van der Waals surface area contributed by atoms with E-state index < -0.39 is 0 Å². The van der Waals surface area contributed by atoms with Crippen LogP contribution in [0.5, 0.6) is 5.75 Å². The van der Waals surface area contributed by atoms with Gasteiger partial charge >= 0.3 is 0 Å². The van der Waals surface area contributed by atoms with Crippen molar-refractivity contribution in [3.63, 3.8) is 0 Å². The van der Waals surface area contributed by atoms with Gasteiger partial charge in [0.15, 0.2) is 11.0 Å². The molecule has 1 aromatic heterocycles. The molecule has 6 nitrogen and oxygen atoms in total. The molecular weight excluding hydrogens is 300 g/mol. The Hall–Kier alpha value is -2.02. The summed E-state index contributed by atoms with van der Waals surface area (Å²) in [6.07, 6.45) is 0. The maximum absolute atomic E-state index is 11.6. The number of carbonyl (C=O) groups excluding carboxylic acids is 1. The lowest BCUT2D eigenvalue weighted by molar-refractivity contribution is -0.125. The maximum atomic E-state index is 11.6. The number of para-hydroxylation sites is 1. The van der Waals surface area contributed by atoms with Gasteiger partial charge in [-0.1, -0.05) is 30.0 Å². The van der Waals surface area contributed by atoms with Crippen molar-refractivity contribution in [3.05, 3.63) is 35.7 Å². The van der Waals surface area contributed by atoms with Gasteiger partial charge in [0.25, 0.3) is 0 Å². The van der Waals surface area contributed by atoms with Crippen LogP contribution in [-0.2, 0) is 18.4 Å². The highest BCUT2D eigenvalue weighted by atomic mass is 32.2. The molecule has 1 amide bonds. The van der Waals surface area contributed by atoms with Gasteiger partial charge in [0.1, 0.15) is 12.4 Å². The van der Waals surface area contributed by atoms with Crippen LogP contribution in [0.1, 0.15) is 11.4 Å². The molecule has 0 saturated carbocycles. The third-order valence-electron chi connectivity index (χ3n) is 3.20. The van der Waals surface area contributed by atoms with Gasteiger partial charge in [-0.15, -0.1) is 10.2 Å². The smallest absolute Gasteiger partial charge is 0.232 e. The molecule has 0 aliphatic carbocycles. The summed E-state index contributed by atoms with van der Waals surface area (Å²) in [6, 6.07) is 7.84. The average molecular weight is 320 g/mol. The molecule has 0 spiro atoms. The average Bonchev–Trinajstić information content (AvgIpc) is 2.84. The van der Waals surface area contributed by atoms with Crippen molar-refractivity contribution in [1.82, 2.24) is 19.7 Å². The first-order valence-corrected chi connectivity index (χ1v) is 7.87. The van der Waals surface area contributed by atoms with Gasteiger partial charge < -0.3 is 14.2 Å². The molecule has 118 valence electrons. The first-order valence-electron chi connectivity index (χ1n) is 6.88. The fourth-order valence-corrected chi connectivity index (χ4v) is 2.62. The number of carbonyl (C=O) groups is 1. The number of ether oxygens (including phenoxy) is 1. The van der Waals surface area contributed by atoms with Crippen molar-refractivity contribution >= 4 is 17.7 Å². The van der Waals surface area contributed by atoms with E-state index >= 15 is 0 Å². The number of amides is 1. The Morgan fingerprint density at radius 3 is 2.73 bits per heavy atom. The summed E-state index contributed by atoms with van der Waals surface area (Å²) in [7, 11) is 5.35. The minimum absolute atomic E-state index is 0.0470. The van der Waals surface area contributed by atoms with E-state index in [2.05, 4.69) is 10.2 Å². The number of nitrogens with zero attached hydrogens (tertiary/aromatic N) is 4. The lowest BCUT2D eigenvalue weighted by Crippen LogP contribution is -2.23. The zero-order valence-electron chi connectivity index (χ0n) is 13.2. The van der Waals surface area contributed by atoms with Gasteiger partial charge in [-0.25, -0.2) is 0 Å². The van der Waals surface area contributed by atoms with Crippen LogP contribution >= 0.6 is 11.8 Å². The fourth-order valence-electron chi connectivity index (χ4n) is 1.71. The van der Waals surface area contributed by atoms with E-state index in [9.17, 15) is 4.79 Å². The second kappa shape index (κ2) is 7.31. The molecule has 7 heteroatoms. The van der Waals surface area contributed by atoms with E-state index in [1.165, 1.54) is 11.8 Å². The SMILES string of the molecule is Cc1ccccc1OCc1nnc(SCC(=O)N(C)C)n1C. The van der Waals surface area contributed by atoms with Crippen LogP contribution < -0.4 is 4.74 Å². The molecule has 0 unspecified atom stereocenters. The maximum Gasteiger partial charge on any atom is 0.232 e. The summed E-state index contributed by atoms with van der Waals surface area (Å²) >= 11 is 1.37. The molecular formula is C15H20N4O2S. The monoisotopic (exact) mass is 320 g/mol. The number of aryl methyl sites for hydroxylation is 1. The van der Waals surface area contributed by atoms with Crippen LogP contribution in [0.2, 0.25) is 0 Å². The van der Waals surface area contributed by atoms with E-state index in [4.69, 9.17) is 4.74 Å². The lowest BCUT2D eigenvalue weighted by atomic mass is 10.2. The second-order valence-electron chi connectivity index (χ2n) is 5.09. The second-order valence-corrected chi connectivity index (χ2v) is 6.03. The number of hydrogen-bond acceptors (Lipinski definition) is 5. The first kappa shape index (κ1) is 16.4. The molecule has 0 radical (unpaired) electrons. The minimum Gasteiger partial charge on any atom is -0.485 e. The van der Waals surface area contributed by atoms with Gasteiger partial charge in [0, 0.05) is 21.1 Å². The summed E-state index contributed by atoms with van der Waals surface area (Å²) in [5.41, 5.74) is 1.08. The Labute approximate surface area is 134 Å². The molecule has 0 aliphatic heterocycles. The molecule has 1 aromatic carbocycles. The largest absolute Gasteiger partial charge is 0.485 e. The molecule has 2 aromatic rings. The fraction of sp³-hybridized carbons (Fsp3) is 0.400. The summed E-state index contributed by atoms with van der Waals surface area (Å²) < 4.78 is 7.63. The Kier molecular flexibility index (Phi) is 5.43. The van der Waals surface area contributed by atoms with Crippen molar-refractivity contribution in [2.24, 2.45) is 7.05 Å². The predicted octanol–water partition coefficient (Wildman–Crippen LogP) is 1.88. The minimum atomic E-state index is 0.0470. The molecule has 22 heavy (non-hydrogen) atoms. The van der Waals surface area contributed by atoms with E-state index in [0.29, 0.717) is 17.5 Å². The normalized spacial score (nSPS) is 10.5. The molecule has 1 heterocycles. The summed E-state index contributed by atoms with van der Waals surface area (Å²) in [4.78, 5) is 13.2. The Bertz CT molecular complexity index is 655. The third kappa shape index (κ3) is 4.00. The molecule has 0 atom stereocenters. The molecule has 0 N–H and O–H groups in total. The number of thioether (sulfide) groups is 1. The van der Waals surface area contributed by atoms with Gasteiger partial charge in [-0.2, -0.15) is 0 Å². The van der Waals surface area contributed by atoms with Crippen LogP contribution in [0.3, 0.4) is 0 Å². The highest BCUT2D eigenvalue weighted by Crippen LogP contribution is 2.19. The van der Waals surface area contributed by atoms with Crippen molar-refractivity contribution < 1.29 is 9.53 Å². The third-order valence-corrected chi connectivity index (χ3v) is 4.20. The number of aromatic nitrogens is 3. The summed E-state index contributed by atoms with van der Waals surface area (Å²) in [5.74, 6) is 1.95. The Balaban J connectivity index is 1.96. The van der Waals surface area contributed by atoms with E-state index in [-0.39, 0.29) is 5.91 Å². The first-order chi connectivity index (χ1) is 10.5. The quantitative estimate of drug-likeness (QED) is 0.761. The predicted molar refractivity (Wildman–Crippen MR) is 85.9 cm³/mol. The molecule has 0 aliphatic rings. The van der Waals surface area contributed by atoms with Crippen molar-refractivity contribution in [2.75, 3.05) is 19.8 Å². The van der Waals surface area contributed by atoms with E-state index in [0.717, 1.165) is 17.1 Å². The number of rotatable bonds is 6. The molecule has 0 bridgehead atoms. The highest BCUT2D eigenvalue weighted by molar-refractivity contribution is 7.99. The van der Waals surface area contributed by atoms with E-state index in [1.807, 2.05) is 42.8 Å². The highest BCUT2D eigenvalue weighted by Gasteiger charge is 2.13. The molecule has 0 saturated heterocycles. The lowest BCUT2D eigenvalue weighted by Gasteiger charge is -2.10. The Morgan fingerprint density at radius 2 is 2.05 bits per heavy atom. The van der Waals surface area contributed by atoms with Crippen LogP contribution in [0.25, 0.3) is 0 Å². The van der Waals surface area contributed by atoms with Crippen molar-refractivity contribution in [3.8, 4) is 5.75 Å². The number of benzene rings is 1. The van der Waals surface area contributed by atoms with Gasteiger partial charge in [0.05, 0.1) is 5.75 Å². The standard InChI is InChI=1S/C15H20N4O2S/c1-11-7-5-6-8-12(11)21-9-13-16-17-15(19(13)4)22-10-14(20)18(2)3/h5-8H,9-10H2,1-4H3. The van der Waals surface area contributed by atoms with E-state index in [1.54, 1.807) is 19.0 Å². The topological polar surface area (TPSA) is 60.3 Å². The zero-order chi connectivity index (χ0) is 16.1. The molecule has 2 rings (SSSR count). The van der Waals surface area contributed by atoms with Crippen molar-refractivity contribution in [2.45, 2.75) is 18.7 Å². The number of hydrogen-bond donors (Lipinski definition) is 0. The molecule has 0 fully saturated rings. The van der Waals surface area contributed by atoms with Crippen LogP contribution in [0.4, 0.5) is 0 Å². The summed E-state index contributed by atoms with van der Waals surface area (Å²) in [6.45, 7) is 2.34. The summed E-state index contributed by atoms with van der Waals surface area (Å²) in [5, 5.41) is 8.94. The van der Waals surface area contributed by atoms with Crippen molar-refractivity contribution in [1.29, 1.82) is 0 Å². The van der Waals surface area contributed by atoms with Gasteiger partial charge in [-0.3, -0.25) is 4.79 Å².